The van der Waals surface area contributed by atoms with Crippen molar-refractivity contribution in [2.24, 2.45) is 0 Å². The van der Waals surface area contributed by atoms with Gasteiger partial charge in [-0.1, -0.05) is 6.07 Å². The molecule has 20 heavy (non-hydrogen) atoms. The standard InChI is InChI=1S/C16H15NO3/c1-2-19-16(18)15-10-12-9-11(6-7-14(12)20-15)13-5-3-4-8-17-13/h3-9,15H,2,10H2,1H3. The first-order chi connectivity index (χ1) is 9.78. The highest BCUT2D eigenvalue weighted by Crippen LogP contribution is 2.32. The maximum Gasteiger partial charge on any atom is 0.347 e. The fraction of sp³-hybridized carbons (Fsp3) is 0.250. The number of hydrogen-bond acceptors (Lipinski definition) is 4. The third-order valence-corrected chi connectivity index (χ3v) is 3.25. The molecule has 0 spiro atoms. The Kier molecular flexibility index (Phi) is 3.37. The van der Waals surface area contributed by atoms with E-state index in [2.05, 4.69) is 4.98 Å². The molecule has 0 N–H and O–H groups in total. The van der Waals surface area contributed by atoms with Crippen molar-refractivity contribution >= 4 is 5.97 Å². The molecule has 0 radical (unpaired) electrons. The Balaban J connectivity index is 1.83. The molecular formula is C16H15NO3. The highest BCUT2D eigenvalue weighted by Gasteiger charge is 2.30. The quantitative estimate of drug-likeness (QED) is 0.804. The molecule has 4 heteroatoms. The average molecular weight is 269 g/mol. The molecule has 1 aliphatic heterocycles. The van der Waals surface area contributed by atoms with Crippen LogP contribution in [0.3, 0.4) is 0 Å². The monoisotopic (exact) mass is 269 g/mol. The predicted octanol–water partition coefficient (Wildman–Crippen LogP) is 2.62. The highest BCUT2D eigenvalue weighted by molar-refractivity contribution is 5.77. The zero-order chi connectivity index (χ0) is 13.9. The minimum atomic E-state index is -0.524. The van der Waals surface area contributed by atoms with Gasteiger partial charge in [0.05, 0.1) is 12.3 Å². The number of benzene rings is 1. The lowest BCUT2D eigenvalue weighted by Gasteiger charge is -2.08. The van der Waals surface area contributed by atoms with Gasteiger partial charge in [-0.2, -0.15) is 0 Å². The second kappa shape index (κ2) is 5.33. The van der Waals surface area contributed by atoms with Gasteiger partial charge in [-0.3, -0.25) is 4.98 Å². The van der Waals surface area contributed by atoms with E-state index in [1.807, 2.05) is 36.4 Å². The van der Waals surface area contributed by atoms with Crippen LogP contribution in [0.2, 0.25) is 0 Å². The molecule has 1 atom stereocenters. The van der Waals surface area contributed by atoms with Crippen LogP contribution >= 0.6 is 0 Å². The molecule has 0 saturated carbocycles. The lowest BCUT2D eigenvalue weighted by Crippen LogP contribution is -2.27. The van der Waals surface area contributed by atoms with Gasteiger partial charge >= 0.3 is 5.97 Å². The number of fused-ring (bicyclic) bond motifs is 1. The maximum atomic E-state index is 11.7. The van der Waals surface area contributed by atoms with Crippen LogP contribution < -0.4 is 4.74 Å². The molecule has 0 saturated heterocycles. The molecule has 1 aliphatic rings. The third kappa shape index (κ3) is 2.37. The van der Waals surface area contributed by atoms with Crippen LogP contribution in [-0.2, 0) is 16.0 Å². The van der Waals surface area contributed by atoms with E-state index in [9.17, 15) is 4.79 Å². The third-order valence-electron chi connectivity index (χ3n) is 3.25. The smallest absolute Gasteiger partial charge is 0.347 e. The minimum Gasteiger partial charge on any atom is -0.478 e. The van der Waals surface area contributed by atoms with Gasteiger partial charge in [-0.05, 0) is 42.8 Å². The van der Waals surface area contributed by atoms with Gasteiger partial charge in [0.25, 0.3) is 0 Å². The van der Waals surface area contributed by atoms with Crippen molar-refractivity contribution in [3.63, 3.8) is 0 Å². The molecule has 4 nitrogen and oxygen atoms in total. The molecular weight excluding hydrogens is 254 g/mol. The van der Waals surface area contributed by atoms with Crippen LogP contribution in [-0.4, -0.2) is 23.7 Å². The van der Waals surface area contributed by atoms with Gasteiger partial charge in [0, 0.05) is 18.2 Å². The number of rotatable bonds is 3. The molecule has 0 fully saturated rings. The van der Waals surface area contributed by atoms with Crippen molar-refractivity contribution in [1.82, 2.24) is 4.98 Å². The summed E-state index contributed by atoms with van der Waals surface area (Å²) in [6.45, 7) is 2.16. The Bertz CT molecular complexity index is 625. The van der Waals surface area contributed by atoms with Crippen LogP contribution in [0.25, 0.3) is 11.3 Å². The van der Waals surface area contributed by atoms with E-state index in [0.29, 0.717) is 13.0 Å². The molecule has 2 aromatic rings. The number of esters is 1. The summed E-state index contributed by atoms with van der Waals surface area (Å²) in [7, 11) is 0. The van der Waals surface area contributed by atoms with Crippen LogP contribution in [0.4, 0.5) is 0 Å². The van der Waals surface area contributed by atoms with E-state index < -0.39 is 6.10 Å². The van der Waals surface area contributed by atoms with Crippen molar-refractivity contribution in [3.05, 3.63) is 48.2 Å². The summed E-state index contributed by atoms with van der Waals surface area (Å²) in [5.74, 6) is 0.450. The van der Waals surface area contributed by atoms with Gasteiger partial charge in [-0.25, -0.2) is 4.79 Å². The minimum absolute atomic E-state index is 0.303. The normalized spacial score (nSPS) is 16.4. The number of carbonyl (C=O) groups excluding carboxylic acids is 1. The summed E-state index contributed by atoms with van der Waals surface area (Å²) in [5, 5.41) is 0. The van der Waals surface area contributed by atoms with Gasteiger partial charge < -0.3 is 9.47 Å². The fourth-order valence-corrected chi connectivity index (χ4v) is 2.31. The van der Waals surface area contributed by atoms with Gasteiger partial charge in [0.2, 0.25) is 0 Å². The van der Waals surface area contributed by atoms with Gasteiger partial charge in [-0.15, -0.1) is 0 Å². The van der Waals surface area contributed by atoms with Crippen LogP contribution in [0.5, 0.6) is 5.75 Å². The van der Waals surface area contributed by atoms with Crippen LogP contribution in [0, 0.1) is 0 Å². The maximum absolute atomic E-state index is 11.7. The number of pyridine rings is 1. The molecule has 1 aromatic heterocycles. The summed E-state index contributed by atoms with van der Waals surface area (Å²) in [6, 6.07) is 11.7. The second-order valence-corrected chi connectivity index (χ2v) is 4.60. The molecule has 0 bridgehead atoms. The van der Waals surface area contributed by atoms with Crippen molar-refractivity contribution < 1.29 is 14.3 Å². The predicted molar refractivity (Wildman–Crippen MR) is 74.4 cm³/mol. The Hall–Kier alpha value is -2.36. The zero-order valence-corrected chi connectivity index (χ0v) is 11.2. The Morgan fingerprint density at radius 1 is 1.40 bits per heavy atom. The molecule has 1 aromatic carbocycles. The van der Waals surface area contributed by atoms with E-state index in [1.165, 1.54) is 0 Å². The van der Waals surface area contributed by atoms with E-state index in [4.69, 9.17) is 9.47 Å². The molecule has 2 heterocycles. The fourth-order valence-electron chi connectivity index (χ4n) is 2.31. The van der Waals surface area contributed by atoms with E-state index >= 15 is 0 Å². The largest absolute Gasteiger partial charge is 0.478 e. The lowest BCUT2D eigenvalue weighted by molar-refractivity contribution is -0.150. The summed E-state index contributed by atoms with van der Waals surface area (Å²) in [4.78, 5) is 16.0. The van der Waals surface area contributed by atoms with Crippen LogP contribution in [0.1, 0.15) is 12.5 Å². The molecule has 102 valence electrons. The summed E-state index contributed by atoms with van der Waals surface area (Å²) in [6.07, 6.45) is 1.79. The summed E-state index contributed by atoms with van der Waals surface area (Å²) < 4.78 is 10.6. The SMILES string of the molecule is CCOC(=O)C1Cc2cc(-c3ccccn3)ccc2O1. The Morgan fingerprint density at radius 3 is 3.05 bits per heavy atom. The molecule has 0 amide bonds. The second-order valence-electron chi connectivity index (χ2n) is 4.60. The zero-order valence-electron chi connectivity index (χ0n) is 11.2. The van der Waals surface area contributed by atoms with Crippen molar-refractivity contribution in [2.45, 2.75) is 19.4 Å². The van der Waals surface area contributed by atoms with E-state index in [0.717, 1.165) is 22.6 Å². The first-order valence-electron chi connectivity index (χ1n) is 6.65. The van der Waals surface area contributed by atoms with E-state index in [1.54, 1.807) is 13.1 Å². The van der Waals surface area contributed by atoms with E-state index in [-0.39, 0.29) is 5.97 Å². The van der Waals surface area contributed by atoms with Crippen molar-refractivity contribution in [1.29, 1.82) is 0 Å². The lowest BCUT2D eigenvalue weighted by atomic mass is 10.0. The topological polar surface area (TPSA) is 48.4 Å². The Labute approximate surface area is 117 Å². The Morgan fingerprint density at radius 2 is 2.30 bits per heavy atom. The van der Waals surface area contributed by atoms with Crippen molar-refractivity contribution in [2.75, 3.05) is 6.61 Å². The van der Waals surface area contributed by atoms with Crippen molar-refractivity contribution in [3.8, 4) is 17.0 Å². The first-order valence-corrected chi connectivity index (χ1v) is 6.65. The summed E-state index contributed by atoms with van der Waals surface area (Å²) in [5.41, 5.74) is 2.96. The number of hydrogen-bond donors (Lipinski definition) is 0. The van der Waals surface area contributed by atoms with Gasteiger partial charge in [0.15, 0.2) is 6.10 Å². The van der Waals surface area contributed by atoms with Crippen LogP contribution in [0.15, 0.2) is 42.6 Å². The molecule has 3 rings (SSSR count). The number of aromatic nitrogens is 1. The molecule has 1 unspecified atom stereocenters. The number of nitrogens with zero attached hydrogens (tertiary/aromatic N) is 1. The molecule has 0 aliphatic carbocycles. The summed E-state index contributed by atoms with van der Waals surface area (Å²) >= 11 is 0. The first kappa shape index (κ1) is 12.7. The van der Waals surface area contributed by atoms with Gasteiger partial charge in [0.1, 0.15) is 5.75 Å². The number of carbonyl (C=O) groups is 1. The average Bonchev–Trinajstić information content (AvgIpc) is 2.91. The highest BCUT2D eigenvalue weighted by atomic mass is 16.6. The number of ether oxygens (including phenoxy) is 2.